The second-order valence-corrected chi connectivity index (χ2v) is 24.4. The molecule has 0 saturated carbocycles. The topological polar surface area (TPSA) is 0 Å². The molecule has 1 fully saturated rings. The molecule has 2 aromatic rings. The molecule has 0 N–H and O–H groups in total. The van der Waals surface area contributed by atoms with Gasteiger partial charge >= 0.3 is 0 Å². The fraction of sp³-hybridized carbons (Fsp3) is 0.538. The van der Waals surface area contributed by atoms with Crippen molar-refractivity contribution in [2.75, 3.05) is 0 Å². The zero-order valence-corrected chi connectivity index (χ0v) is 27.1. The highest BCUT2D eigenvalue weighted by atomic mass is 79.9. The first kappa shape index (κ1) is 27.0. The van der Waals surface area contributed by atoms with Gasteiger partial charge in [0.05, 0.1) is 8.82 Å². The van der Waals surface area contributed by atoms with Crippen molar-refractivity contribution in [3.63, 3.8) is 0 Å². The maximum atomic E-state index is 4.64. The summed E-state index contributed by atoms with van der Waals surface area (Å²) in [6.07, 6.45) is 0. The van der Waals surface area contributed by atoms with E-state index in [9.17, 15) is 0 Å². The van der Waals surface area contributed by atoms with Gasteiger partial charge in [-0.15, -0.1) is 10.6 Å². The molecule has 1 aliphatic rings. The Morgan fingerprint density at radius 2 is 0.750 bits per heavy atom. The molecule has 6 heteroatoms. The van der Waals surface area contributed by atoms with Crippen LogP contribution in [0.5, 0.6) is 0 Å². The monoisotopic (exact) mass is 594 g/mol. The van der Waals surface area contributed by atoms with E-state index in [0.29, 0.717) is 0 Å². The quantitative estimate of drug-likeness (QED) is 0.239. The van der Waals surface area contributed by atoms with Crippen LogP contribution in [0.2, 0.25) is 10.6 Å². The Hall–Kier alpha value is 0.390. The first-order valence-electron chi connectivity index (χ1n) is 11.8. The second-order valence-electron chi connectivity index (χ2n) is 12.4. The Kier molecular flexibility index (Phi) is 7.17. The van der Waals surface area contributed by atoms with E-state index in [2.05, 4.69) is 139 Å². The average molecular weight is 596 g/mol. The van der Waals surface area contributed by atoms with Gasteiger partial charge in [0.1, 0.15) is 0 Å². The van der Waals surface area contributed by atoms with Crippen molar-refractivity contribution in [1.82, 2.24) is 0 Å². The molecule has 2 aromatic carbocycles. The maximum Gasteiger partial charge on any atom is 0.0612 e. The Morgan fingerprint density at radius 1 is 0.531 bits per heavy atom. The van der Waals surface area contributed by atoms with Crippen LogP contribution in [0.4, 0.5) is 0 Å². The van der Waals surface area contributed by atoms with Gasteiger partial charge in [0.15, 0.2) is 0 Å². The van der Waals surface area contributed by atoms with E-state index < -0.39 is 24.2 Å². The minimum atomic E-state index is -0.828. The normalized spacial score (nSPS) is 28.6. The van der Waals surface area contributed by atoms with Crippen molar-refractivity contribution < 1.29 is 0 Å². The fourth-order valence-electron chi connectivity index (χ4n) is 6.23. The van der Waals surface area contributed by atoms with Gasteiger partial charge < -0.3 is 46.9 Å². The lowest BCUT2D eigenvalue weighted by Gasteiger charge is -2.89. The van der Waals surface area contributed by atoms with Crippen LogP contribution >= 0.6 is 46.9 Å². The van der Waals surface area contributed by atoms with Gasteiger partial charge in [-0.25, -0.2) is 0 Å². The van der Waals surface area contributed by atoms with E-state index in [-0.39, 0.29) is 10.6 Å². The van der Waals surface area contributed by atoms with Crippen LogP contribution < -0.4 is 10.6 Å². The van der Waals surface area contributed by atoms with Gasteiger partial charge in [-0.1, -0.05) is 87.5 Å². The fourth-order valence-corrected chi connectivity index (χ4v) is 29.6. The predicted molar refractivity (Wildman–Crippen MR) is 163 cm³/mol. The van der Waals surface area contributed by atoms with E-state index in [1.54, 1.807) is 10.6 Å². The summed E-state index contributed by atoms with van der Waals surface area (Å²) in [7, 11) is -0.845. The molecule has 0 amide bonds. The largest absolute Gasteiger partial charge is 0.384 e. The zero-order valence-electron chi connectivity index (χ0n) is 22.1. The van der Waals surface area contributed by atoms with E-state index >= 15 is 0 Å². The van der Waals surface area contributed by atoms with Crippen molar-refractivity contribution >= 4 is 66.3 Å². The molecule has 0 unspecified atom stereocenters. The van der Waals surface area contributed by atoms with Crippen LogP contribution in [0, 0.1) is 41.5 Å². The molecule has 0 atom stereocenters. The molecule has 32 heavy (non-hydrogen) atoms. The summed E-state index contributed by atoms with van der Waals surface area (Å²) in [5.74, 6) is 0. The van der Waals surface area contributed by atoms with Gasteiger partial charge in [-0.2, -0.15) is 0 Å². The van der Waals surface area contributed by atoms with Crippen molar-refractivity contribution in [1.29, 1.82) is 0 Å². The molecule has 0 nitrogen and oxygen atoms in total. The molecule has 1 aliphatic heterocycles. The summed E-state index contributed by atoms with van der Waals surface area (Å²) in [5.41, 5.74) is 8.66. The lowest BCUT2D eigenvalue weighted by molar-refractivity contribution is 0.748. The van der Waals surface area contributed by atoms with Crippen molar-refractivity contribution in [2.24, 2.45) is 0 Å². The predicted octanol–water partition coefficient (Wildman–Crippen LogP) is 9.73. The highest BCUT2D eigenvalue weighted by Crippen LogP contribution is 2.97. The summed E-state index contributed by atoms with van der Waals surface area (Å²) in [4.78, 5) is 0. The van der Waals surface area contributed by atoms with Crippen LogP contribution in [0.1, 0.15) is 74.9 Å². The Labute approximate surface area is 216 Å². The average Bonchev–Trinajstić information content (AvgIpc) is 2.58. The first-order chi connectivity index (χ1) is 14.4. The number of rotatable bonds is 2. The molecule has 176 valence electrons. The van der Waals surface area contributed by atoms with E-state index in [0.717, 1.165) is 0 Å². The number of hydrogen-bond acceptors (Lipinski definition) is 0. The Bertz CT molecular complexity index is 927. The Morgan fingerprint density at radius 3 is 0.938 bits per heavy atom. The molecule has 0 aliphatic carbocycles. The Balaban J connectivity index is 2.44. The molecule has 0 radical (unpaired) electrons. The number of hydrogen-bond donors (Lipinski definition) is 0. The molecule has 3 rings (SSSR count). The highest BCUT2D eigenvalue weighted by Gasteiger charge is 2.62. The van der Waals surface area contributed by atoms with Crippen LogP contribution in [0.3, 0.4) is 0 Å². The lowest BCUT2D eigenvalue weighted by atomic mass is 9.67. The molecular formula is C26H40B2Br2P2-2. The summed E-state index contributed by atoms with van der Waals surface area (Å²) in [6.45, 7) is 28.7. The van der Waals surface area contributed by atoms with Crippen LogP contribution in [0.15, 0.2) is 24.3 Å². The van der Waals surface area contributed by atoms with Crippen molar-refractivity contribution in [2.45, 2.75) is 93.7 Å². The summed E-state index contributed by atoms with van der Waals surface area (Å²) in [6, 6.07) is 9.63. The summed E-state index contributed by atoms with van der Waals surface area (Å²) >= 11 is 9.28. The number of aryl methyl sites for hydroxylation is 6. The second kappa shape index (κ2) is 8.50. The molecular weight excluding hydrogens is 556 g/mol. The first-order valence-corrected chi connectivity index (χ1v) is 16.6. The minimum Gasteiger partial charge on any atom is -0.384 e. The third-order valence-corrected chi connectivity index (χ3v) is 27.0. The standard InChI is InChI=1S/C26H40B2Br2P2/c1-17-13-19(3)23(20(4)14-17)31-27(29,25(7,8)9)32(28(31,30)26(10,11)12)24-21(5)15-18(2)16-22(24)6/h13-16H,1-12H3/q-2. The smallest absolute Gasteiger partial charge is 0.0612 e. The van der Waals surface area contributed by atoms with Gasteiger partial charge in [0, 0.05) is 0 Å². The summed E-state index contributed by atoms with van der Waals surface area (Å²) in [5, 5.41) is 3.67. The maximum absolute atomic E-state index is 4.64. The van der Waals surface area contributed by atoms with Gasteiger partial charge in [-0.05, 0) is 63.8 Å². The van der Waals surface area contributed by atoms with Gasteiger partial charge in [0.25, 0.3) is 0 Å². The molecule has 0 spiro atoms. The number of halogens is 2. The molecule has 0 bridgehead atoms. The molecule has 1 heterocycles. The molecule has 0 aromatic heterocycles. The SMILES string of the molecule is Cc1cc(C)c(P2[B-](Br)(C(C)(C)C)P(c3c(C)cc(C)cc3C)[B-]2(Br)C(C)(C)C)c(C)c1. The van der Waals surface area contributed by atoms with E-state index in [4.69, 9.17) is 0 Å². The lowest BCUT2D eigenvalue weighted by Crippen LogP contribution is -2.64. The van der Waals surface area contributed by atoms with Crippen molar-refractivity contribution in [3.8, 4) is 0 Å². The number of benzene rings is 2. The highest BCUT2D eigenvalue weighted by molar-refractivity contribution is 9.47. The van der Waals surface area contributed by atoms with Gasteiger partial charge in [0.2, 0.25) is 0 Å². The van der Waals surface area contributed by atoms with Crippen LogP contribution in [0.25, 0.3) is 0 Å². The third-order valence-electron chi connectivity index (χ3n) is 7.47. The minimum absolute atomic E-state index is 0.190. The van der Waals surface area contributed by atoms with E-state index in [1.165, 1.54) is 33.4 Å². The van der Waals surface area contributed by atoms with Crippen LogP contribution in [-0.2, 0) is 0 Å². The molecule has 1 saturated heterocycles. The van der Waals surface area contributed by atoms with E-state index in [1.807, 2.05) is 0 Å². The van der Waals surface area contributed by atoms with Gasteiger partial charge in [-0.3, -0.25) is 0 Å². The van der Waals surface area contributed by atoms with Crippen LogP contribution in [-0.4, -0.2) is 8.82 Å². The third kappa shape index (κ3) is 3.87. The van der Waals surface area contributed by atoms with Crippen molar-refractivity contribution in [3.05, 3.63) is 57.6 Å². The summed E-state index contributed by atoms with van der Waals surface area (Å²) < 4.78 is -1.66. The zero-order chi connectivity index (χ0) is 24.6.